The van der Waals surface area contributed by atoms with E-state index in [2.05, 4.69) is 58.7 Å². The van der Waals surface area contributed by atoms with E-state index in [0.717, 1.165) is 52.1 Å². The average Bonchev–Trinajstić information content (AvgIpc) is 2.94. The van der Waals surface area contributed by atoms with Gasteiger partial charge in [0.05, 0.1) is 0 Å². The summed E-state index contributed by atoms with van der Waals surface area (Å²) in [7, 11) is 4.27. The maximum atomic E-state index is 8.76. The number of piperidine rings is 3. The van der Waals surface area contributed by atoms with E-state index < -0.39 is 0 Å². The molecule has 0 unspecified atom stereocenters. The number of rotatable bonds is 3. The highest BCUT2D eigenvalue weighted by Gasteiger charge is 2.15. The predicted octanol–water partition coefficient (Wildman–Crippen LogP) is 5.14. The van der Waals surface area contributed by atoms with Crippen molar-refractivity contribution in [3.63, 3.8) is 0 Å². The third-order valence-electron chi connectivity index (χ3n) is 5.91. The Hall–Kier alpha value is 0.490. The van der Waals surface area contributed by atoms with Crippen LogP contribution in [0.5, 0.6) is 0 Å². The molecule has 218 valence electrons. The highest BCUT2D eigenvalue weighted by atomic mass is 127. The van der Waals surface area contributed by atoms with Gasteiger partial charge in [0, 0.05) is 19.8 Å². The van der Waals surface area contributed by atoms with Crippen LogP contribution >= 0.6 is 22.6 Å². The van der Waals surface area contributed by atoms with E-state index in [9.17, 15) is 0 Å². The summed E-state index contributed by atoms with van der Waals surface area (Å²) in [6.45, 7) is 22.1. The fraction of sp³-hybridized carbons (Fsp3) is 1.00. The second-order valence-corrected chi connectivity index (χ2v) is 10.0. The number of nitrogens with one attached hydrogen (secondary N) is 1. The first kappa shape index (κ1) is 42.6. The number of likely N-dealkylation sites (tertiary alicyclic amines) is 2. The first-order valence-corrected chi connectivity index (χ1v) is 16.0. The molecule has 3 rings (SSSR count). The van der Waals surface area contributed by atoms with Crippen LogP contribution in [0, 0.1) is 17.8 Å². The number of hydrogen-bond acceptors (Lipinski definition) is 6. The van der Waals surface area contributed by atoms with Crippen molar-refractivity contribution in [3.05, 3.63) is 0 Å². The lowest BCUT2D eigenvalue weighted by molar-refractivity contribution is 0.148. The Balaban J connectivity index is -0.000000177. The van der Waals surface area contributed by atoms with Crippen LogP contribution in [0.1, 0.15) is 87.0 Å². The predicted molar refractivity (Wildman–Crippen MR) is 166 cm³/mol. The van der Waals surface area contributed by atoms with Crippen molar-refractivity contribution in [2.45, 2.75) is 87.0 Å². The fourth-order valence-electron chi connectivity index (χ4n) is 3.55. The van der Waals surface area contributed by atoms with Gasteiger partial charge in [-0.15, -0.1) is 0 Å². The van der Waals surface area contributed by atoms with Crippen molar-refractivity contribution < 1.29 is 15.3 Å². The van der Waals surface area contributed by atoms with Crippen LogP contribution < -0.4 is 5.32 Å². The lowest BCUT2D eigenvalue weighted by Gasteiger charge is -2.27. The van der Waals surface area contributed by atoms with Crippen molar-refractivity contribution in [3.8, 4) is 0 Å². The summed E-state index contributed by atoms with van der Waals surface area (Å²) >= 11 is 2.29. The van der Waals surface area contributed by atoms with Gasteiger partial charge in [-0.3, -0.25) is 0 Å². The number of halogens is 1. The minimum absolute atomic E-state index is 0.377. The zero-order valence-corrected chi connectivity index (χ0v) is 27.3. The Kier molecular flexibility index (Phi) is 44.6. The fourth-order valence-corrected chi connectivity index (χ4v) is 3.55. The second kappa shape index (κ2) is 36.6. The summed E-state index contributed by atoms with van der Waals surface area (Å²) in [6.07, 6.45) is 6.99. The van der Waals surface area contributed by atoms with Gasteiger partial charge in [0.2, 0.25) is 0 Å². The Morgan fingerprint density at radius 3 is 1.03 bits per heavy atom. The van der Waals surface area contributed by atoms with Gasteiger partial charge in [-0.1, -0.05) is 71.1 Å². The van der Waals surface area contributed by atoms with Gasteiger partial charge >= 0.3 is 0 Å². The number of hydrogen-bond donors (Lipinski definition) is 4. The van der Waals surface area contributed by atoms with E-state index in [-0.39, 0.29) is 0 Å². The molecule has 0 spiro atoms. The van der Waals surface area contributed by atoms with Gasteiger partial charge in [-0.05, 0) is 114 Å². The number of nitrogens with zero attached hydrogens (tertiary/aromatic N) is 2. The first-order chi connectivity index (χ1) is 17.0. The average molecular weight is 620 g/mol. The summed E-state index contributed by atoms with van der Waals surface area (Å²) in [5.41, 5.74) is 0. The maximum absolute atomic E-state index is 8.76. The van der Waals surface area contributed by atoms with E-state index in [1.54, 1.807) is 0 Å². The van der Waals surface area contributed by atoms with Gasteiger partial charge in [-0.2, -0.15) is 0 Å². The molecule has 0 aliphatic carbocycles. The molecule has 4 N–H and O–H groups in total. The quantitative estimate of drug-likeness (QED) is 0.259. The summed E-state index contributed by atoms with van der Waals surface area (Å²) in [4.78, 5) is 4.62. The largest absolute Gasteiger partial charge is 0.396 e. The molecule has 0 atom stereocenters. The van der Waals surface area contributed by atoms with Crippen molar-refractivity contribution >= 4 is 22.6 Å². The number of aliphatic hydroxyl groups excluding tert-OH is 3. The number of aliphatic hydroxyl groups is 3. The van der Waals surface area contributed by atoms with E-state index >= 15 is 0 Å². The van der Waals surface area contributed by atoms with Crippen LogP contribution in [0.15, 0.2) is 0 Å². The molecule has 0 aromatic carbocycles. The molecule has 3 aliphatic heterocycles. The SMILES string of the molecule is CC.CC.CC.CCI.CN1CCC(CO)CC1.CN1CCC(CO)CC1.OCC1CCNCC1. The molecule has 0 saturated carbocycles. The van der Waals surface area contributed by atoms with Crippen molar-refractivity contribution in [2.24, 2.45) is 17.8 Å². The minimum Gasteiger partial charge on any atom is -0.396 e. The second-order valence-electron chi connectivity index (χ2n) is 8.50. The molecule has 3 saturated heterocycles. The normalized spacial score (nSPS) is 19.1. The molecule has 3 fully saturated rings. The van der Waals surface area contributed by atoms with Gasteiger partial charge in [0.25, 0.3) is 0 Å². The van der Waals surface area contributed by atoms with Crippen molar-refractivity contribution in [2.75, 3.05) is 77.6 Å². The monoisotopic (exact) mass is 619 g/mol. The van der Waals surface area contributed by atoms with Crippen LogP contribution in [0.25, 0.3) is 0 Å². The van der Waals surface area contributed by atoms with Gasteiger partial charge in [0.1, 0.15) is 0 Å². The third kappa shape index (κ3) is 30.6. The van der Waals surface area contributed by atoms with Crippen LogP contribution in [-0.4, -0.2) is 103 Å². The maximum Gasteiger partial charge on any atom is 0.0460 e. The van der Waals surface area contributed by atoms with Crippen molar-refractivity contribution in [1.29, 1.82) is 0 Å². The topological polar surface area (TPSA) is 79.2 Å². The van der Waals surface area contributed by atoms with Crippen molar-refractivity contribution in [1.82, 2.24) is 15.1 Å². The minimum atomic E-state index is 0.377. The number of alkyl halides is 1. The highest BCUT2D eigenvalue weighted by Crippen LogP contribution is 2.14. The van der Waals surface area contributed by atoms with E-state index in [1.165, 1.54) is 30.1 Å². The van der Waals surface area contributed by atoms with Gasteiger partial charge in [0.15, 0.2) is 0 Å². The molecular weight excluding hydrogens is 553 g/mol. The first-order valence-electron chi connectivity index (χ1n) is 14.5. The van der Waals surface area contributed by atoms with Crippen LogP contribution in [0.2, 0.25) is 0 Å². The molecule has 3 aliphatic rings. The van der Waals surface area contributed by atoms with E-state index in [0.29, 0.717) is 37.6 Å². The molecule has 0 bridgehead atoms. The molecule has 6 nitrogen and oxygen atoms in total. The zero-order valence-electron chi connectivity index (χ0n) is 25.2. The van der Waals surface area contributed by atoms with Crippen LogP contribution in [0.4, 0.5) is 0 Å². The molecule has 0 aromatic rings. The van der Waals surface area contributed by atoms with Crippen LogP contribution in [-0.2, 0) is 0 Å². The third-order valence-corrected chi connectivity index (χ3v) is 5.91. The van der Waals surface area contributed by atoms with Gasteiger partial charge < -0.3 is 30.4 Å². The standard InChI is InChI=1S/2C7H15NO.C6H13NO.C2H5I.3C2H6/c2*1-8-4-2-7(6-9)3-5-8;8-5-6-1-3-7-4-2-6;1-2-3;3*1-2/h2*7,9H,2-6H2,1H3;6-8H,1-5H2;2H2,1H3;3*1-2H3. The molecule has 35 heavy (non-hydrogen) atoms. The Morgan fingerprint density at radius 1 is 0.600 bits per heavy atom. The van der Waals surface area contributed by atoms with E-state index in [4.69, 9.17) is 15.3 Å². The summed E-state index contributed by atoms with van der Waals surface area (Å²) in [6, 6.07) is 0. The molecule has 0 aromatic heterocycles. The molecule has 0 radical (unpaired) electrons. The summed E-state index contributed by atoms with van der Waals surface area (Å²) in [5.74, 6) is 1.75. The molecular formula is C28H66IN3O3. The lowest BCUT2D eigenvalue weighted by atomic mass is 9.98. The smallest absolute Gasteiger partial charge is 0.0460 e. The van der Waals surface area contributed by atoms with Crippen LogP contribution in [0.3, 0.4) is 0 Å². The Morgan fingerprint density at radius 2 is 0.829 bits per heavy atom. The summed E-state index contributed by atoms with van der Waals surface area (Å²) < 4.78 is 1.22. The Bertz CT molecular complexity index is 311. The molecule has 3 heterocycles. The molecule has 7 heteroatoms. The lowest BCUT2D eigenvalue weighted by Crippen LogP contribution is -2.31. The zero-order chi connectivity index (χ0) is 27.9. The Labute approximate surface area is 234 Å². The highest BCUT2D eigenvalue weighted by molar-refractivity contribution is 14.1. The van der Waals surface area contributed by atoms with Gasteiger partial charge in [-0.25, -0.2) is 0 Å². The van der Waals surface area contributed by atoms with E-state index in [1.807, 2.05) is 41.5 Å². The molecule has 0 amide bonds. The summed E-state index contributed by atoms with van der Waals surface area (Å²) in [5, 5.41) is 29.4.